The van der Waals surface area contributed by atoms with Crippen molar-refractivity contribution in [1.29, 1.82) is 0 Å². The van der Waals surface area contributed by atoms with Gasteiger partial charge in [-0.2, -0.15) is 0 Å². The summed E-state index contributed by atoms with van der Waals surface area (Å²) in [4.78, 5) is 2.50. The van der Waals surface area contributed by atoms with Crippen LogP contribution in [0.2, 0.25) is 0 Å². The molecule has 1 aromatic heterocycles. The standard InChI is InChI=1S/C18H28N2O3/c1-14-9-16(19-23-14)10-20-7-5-17-18(12-20,6-2-8-22-17)13-21-11-15-3-4-15/h9,15,17H,2-8,10-13H2,1H3. The summed E-state index contributed by atoms with van der Waals surface area (Å²) < 4.78 is 17.4. The zero-order chi connectivity index (χ0) is 15.7. The monoisotopic (exact) mass is 320 g/mol. The Morgan fingerprint density at radius 1 is 1.39 bits per heavy atom. The average molecular weight is 320 g/mol. The molecule has 4 rings (SSSR count). The smallest absolute Gasteiger partial charge is 0.133 e. The molecule has 3 heterocycles. The summed E-state index contributed by atoms with van der Waals surface area (Å²) >= 11 is 0. The van der Waals surface area contributed by atoms with Gasteiger partial charge < -0.3 is 14.0 Å². The third-order valence-corrected chi connectivity index (χ3v) is 5.57. The second-order valence-electron chi connectivity index (χ2n) is 7.71. The first-order chi connectivity index (χ1) is 11.2. The summed E-state index contributed by atoms with van der Waals surface area (Å²) in [5.41, 5.74) is 1.20. The van der Waals surface area contributed by atoms with Gasteiger partial charge in [-0.15, -0.1) is 0 Å². The Balaban J connectivity index is 1.40. The molecule has 0 spiro atoms. The highest BCUT2D eigenvalue weighted by molar-refractivity contribution is 5.05. The molecule has 0 aromatic carbocycles. The zero-order valence-corrected chi connectivity index (χ0v) is 14.1. The Labute approximate surface area is 138 Å². The van der Waals surface area contributed by atoms with Crippen molar-refractivity contribution in [3.63, 3.8) is 0 Å². The van der Waals surface area contributed by atoms with Crippen molar-refractivity contribution in [2.45, 2.75) is 51.7 Å². The summed E-state index contributed by atoms with van der Waals surface area (Å²) in [6.45, 7) is 7.64. The quantitative estimate of drug-likeness (QED) is 0.806. The van der Waals surface area contributed by atoms with Gasteiger partial charge in [0.25, 0.3) is 0 Å². The number of hydrogen-bond donors (Lipinski definition) is 0. The topological polar surface area (TPSA) is 47.7 Å². The number of aryl methyl sites for hydroxylation is 1. The first-order valence-corrected chi connectivity index (χ1v) is 9.07. The second-order valence-corrected chi connectivity index (χ2v) is 7.71. The van der Waals surface area contributed by atoms with Crippen molar-refractivity contribution in [2.75, 3.05) is 32.9 Å². The summed E-state index contributed by atoms with van der Waals surface area (Å²) in [7, 11) is 0. The van der Waals surface area contributed by atoms with E-state index in [0.717, 1.165) is 69.7 Å². The minimum absolute atomic E-state index is 0.171. The highest BCUT2D eigenvalue weighted by atomic mass is 16.5. The predicted molar refractivity (Wildman–Crippen MR) is 86.1 cm³/mol. The van der Waals surface area contributed by atoms with E-state index in [9.17, 15) is 0 Å². The molecule has 0 bridgehead atoms. The Morgan fingerprint density at radius 3 is 3.09 bits per heavy atom. The number of hydrogen-bond acceptors (Lipinski definition) is 5. The fourth-order valence-electron chi connectivity index (χ4n) is 4.16. The van der Waals surface area contributed by atoms with Crippen LogP contribution < -0.4 is 0 Å². The van der Waals surface area contributed by atoms with E-state index in [1.165, 1.54) is 19.3 Å². The number of fused-ring (bicyclic) bond motifs is 1. The maximum Gasteiger partial charge on any atom is 0.133 e. The molecule has 2 saturated heterocycles. The van der Waals surface area contributed by atoms with Gasteiger partial charge in [0.2, 0.25) is 0 Å². The van der Waals surface area contributed by atoms with E-state index < -0.39 is 0 Å². The molecule has 5 heteroatoms. The van der Waals surface area contributed by atoms with E-state index in [1.807, 2.05) is 13.0 Å². The fraction of sp³-hybridized carbons (Fsp3) is 0.833. The highest BCUT2D eigenvalue weighted by Gasteiger charge is 2.46. The van der Waals surface area contributed by atoms with Crippen LogP contribution in [0.25, 0.3) is 0 Å². The third kappa shape index (κ3) is 3.62. The number of rotatable bonds is 6. The normalized spacial score (nSPS) is 32.0. The van der Waals surface area contributed by atoms with Crippen LogP contribution in [-0.4, -0.2) is 49.1 Å². The molecule has 23 heavy (non-hydrogen) atoms. The van der Waals surface area contributed by atoms with Crippen LogP contribution in [0.5, 0.6) is 0 Å². The van der Waals surface area contributed by atoms with Crippen molar-refractivity contribution >= 4 is 0 Å². The number of nitrogens with zero attached hydrogens (tertiary/aromatic N) is 2. The van der Waals surface area contributed by atoms with E-state index in [2.05, 4.69) is 10.1 Å². The van der Waals surface area contributed by atoms with E-state index >= 15 is 0 Å². The van der Waals surface area contributed by atoms with Crippen LogP contribution >= 0.6 is 0 Å². The zero-order valence-electron chi connectivity index (χ0n) is 14.1. The lowest BCUT2D eigenvalue weighted by Crippen LogP contribution is -2.56. The molecule has 3 fully saturated rings. The molecule has 0 N–H and O–H groups in total. The molecule has 1 aromatic rings. The van der Waals surface area contributed by atoms with E-state index in [0.29, 0.717) is 6.10 Å². The van der Waals surface area contributed by atoms with Crippen molar-refractivity contribution < 1.29 is 14.0 Å². The van der Waals surface area contributed by atoms with Gasteiger partial charge in [0.05, 0.1) is 18.4 Å². The molecule has 0 amide bonds. The molecule has 1 saturated carbocycles. The van der Waals surface area contributed by atoms with Crippen LogP contribution in [0, 0.1) is 18.3 Å². The molecular weight excluding hydrogens is 292 g/mol. The number of aromatic nitrogens is 1. The summed E-state index contributed by atoms with van der Waals surface area (Å²) in [5.74, 6) is 1.71. The number of piperidine rings is 1. The van der Waals surface area contributed by atoms with Crippen LogP contribution in [0.4, 0.5) is 0 Å². The second kappa shape index (κ2) is 6.54. The van der Waals surface area contributed by atoms with Gasteiger partial charge >= 0.3 is 0 Å². The highest BCUT2D eigenvalue weighted by Crippen LogP contribution is 2.41. The molecule has 3 aliphatic rings. The molecule has 0 radical (unpaired) electrons. The molecule has 1 aliphatic carbocycles. The molecule has 5 nitrogen and oxygen atoms in total. The minimum Gasteiger partial charge on any atom is -0.380 e. The molecule has 2 aliphatic heterocycles. The molecule has 128 valence electrons. The van der Waals surface area contributed by atoms with Crippen molar-refractivity contribution in [2.24, 2.45) is 11.3 Å². The predicted octanol–water partition coefficient (Wildman–Crippen LogP) is 2.78. The van der Waals surface area contributed by atoms with Crippen LogP contribution in [0.15, 0.2) is 10.6 Å². The van der Waals surface area contributed by atoms with Gasteiger partial charge in [-0.25, -0.2) is 0 Å². The maximum absolute atomic E-state index is 6.12. The van der Waals surface area contributed by atoms with Crippen molar-refractivity contribution in [1.82, 2.24) is 10.1 Å². The molecule has 2 atom stereocenters. The van der Waals surface area contributed by atoms with Crippen LogP contribution in [0.1, 0.15) is 43.6 Å². The van der Waals surface area contributed by atoms with Gasteiger partial charge in [0.15, 0.2) is 0 Å². The number of likely N-dealkylation sites (tertiary alicyclic amines) is 1. The van der Waals surface area contributed by atoms with E-state index in [1.54, 1.807) is 0 Å². The molecular formula is C18H28N2O3. The van der Waals surface area contributed by atoms with Crippen LogP contribution in [0.3, 0.4) is 0 Å². The Hall–Kier alpha value is -0.910. The van der Waals surface area contributed by atoms with Crippen molar-refractivity contribution in [3.05, 3.63) is 17.5 Å². The largest absolute Gasteiger partial charge is 0.380 e. The average Bonchev–Trinajstić information content (AvgIpc) is 3.28. The van der Waals surface area contributed by atoms with E-state index in [-0.39, 0.29) is 5.41 Å². The summed E-state index contributed by atoms with van der Waals surface area (Å²) in [6.07, 6.45) is 6.54. The first-order valence-electron chi connectivity index (χ1n) is 9.07. The van der Waals surface area contributed by atoms with E-state index in [4.69, 9.17) is 14.0 Å². The van der Waals surface area contributed by atoms with Gasteiger partial charge in [0, 0.05) is 44.3 Å². The Bertz CT molecular complexity index is 528. The van der Waals surface area contributed by atoms with Gasteiger partial charge in [-0.1, -0.05) is 5.16 Å². The lowest BCUT2D eigenvalue weighted by atomic mass is 9.73. The minimum atomic E-state index is 0.171. The summed E-state index contributed by atoms with van der Waals surface area (Å²) in [6, 6.07) is 2.04. The van der Waals surface area contributed by atoms with Crippen LogP contribution in [-0.2, 0) is 16.0 Å². The molecule has 2 unspecified atom stereocenters. The van der Waals surface area contributed by atoms with Gasteiger partial charge in [-0.05, 0) is 44.9 Å². The number of ether oxygens (including phenoxy) is 2. The van der Waals surface area contributed by atoms with Gasteiger partial charge in [-0.3, -0.25) is 4.90 Å². The van der Waals surface area contributed by atoms with Crippen molar-refractivity contribution in [3.8, 4) is 0 Å². The third-order valence-electron chi connectivity index (χ3n) is 5.57. The lowest BCUT2D eigenvalue weighted by molar-refractivity contribution is -0.154. The first kappa shape index (κ1) is 15.6. The fourth-order valence-corrected chi connectivity index (χ4v) is 4.16. The Morgan fingerprint density at radius 2 is 2.30 bits per heavy atom. The van der Waals surface area contributed by atoms with Gasteiger partial charge in [0.1, 0.15) is 5.76 Å². The Kier molecular flexibility index (Phi) is 4.43. The summed E-state index contributed by atoms with van der Waals surface area (Å²) in [5, 5.41) is 4.15. The maximum atomic E-state index is 6.12. The lowest BCUT2D eigenvalue weighted by Gasteiger charge is -2.50. The SMILES string of the molecule is Cc1cc(CN2CCC3OCCCC3(COCC3CC3)C2)no1.